The van der Waals surface area contributed by atoms with Crippen LogP contribution < -0.4 is 10.3 Å². The molecule has 1 atom stereocenters. The highest BCUT2D eigenvalue weighted by Gasteiger charge is 2.28. The van der Waals surface area contributed by atoms with Gasteiger partial charge in [0.05, 0.1) is 18.9 Å². The third kappa shape index (κ3) is 4.89. The van der Waals surface area contributed by atoms with Crippen molar-refractivity contribution < 1.29 is 23.9 Å². The van der Waals surface area contributed by atoms with Gasteiger partial charge in [0.1, 0.15) is 11.6 Å². The molecule has 0 radical (unpaired) electrons. The molecular weight excluding hydrogens is 436 g/mol. The zero-order valence-electron chi connectivity index (χ0n) is 18.7. The molecule has 2 saturated heterocycles. The Kier molecular flexibility index (Phi) is 6.44. The van der Waals surface area contributed by atoms with E-state index in [2.05, 4.69) is 10.5 Å². The second-order valence-corrected chi connectivity index (χ2v) is 8.26. The summed E-state index contributed by atoms with van der Waals surface area (Å²) in [6.07, 6.45) is 1.96. The molecule has 1 N–H and O–H groups in total. The number of rotatable bonds is 5. The smallest absolute Gasteiger partial charge is 0.410 e. The van der Waals surface area contributed by atoms with Crippen LogP contribution in [0.4, 0.5) is 10.5 Å². The molecule has 0 aliphatic carbocycles. The van der Waals surface area contributed by atoms with Crippen LogP contribution in [0.15, 0.2) is 60.8 Å². The van der Waals surface area contributed by atoms with E-state index in [9.17, 15) is 9.59 Å². The van der Waals surface area contributed by atoms with Crippen molar-refractivity contribution in [3.63, 3.8) is 0 Å². The molecule has 34 heavy (non-hydrogen) atoms. The summed E-state index contributed by atoms with van der Waals surface area (Å²) < 4.78 is 10.7. The highest BCUT2D eigenvalue weighted by atomic mass is 16.6. The van der Waals surface area contributed by atoms with Gasteiger partial charge >= 0.3 is 6.09 Å². The number of ether oxygens (including phenoxy) is 2. The van der Waals surface area contributed by atoms with Crippen LogP contribution in [-0.2, 0) is 9.47 Å². The number of aromatic nitrogens is 1. The molecule has 2 aliphatic heterocycles. The van der Waals surface area contributed by atoms with E-state index in [-0.39, 0.29) is 18.1 Å². The van der Waals surface area contributed by atoms with Crippen LogP contribution in [0.3, 0.4) is 0 Å². The van der Waals surface area contributed by atoms with Crippen molar-refractivity contribution in [3.05, 3.63) is 66.4 Å². The molecule has 2 aliphatic rings. The number of amides is 2. The molecule has 0 spiro atoms. The lowest BCUT2D eigenvalue weighted by Crippen LogP contribution is -2.51. The SMILES string of the molecule is O=C(O[C@H]1CCOC1)N1CCN(C(=O)c2ccc(NOc3cccc4cccnc34)cc2)CC1. The Balaban J connectivity index is 1.13. The number of hydrogen-bond donors (Lipinski definition) is 1. The molecule has 1 aromatic heterocycles. The van der Waals surface area contributed by atoms with Crippen LogP contribution in [-0.4, -0.2) is 72.3 Å². The van der Waals surface area contributed by atoms with Gasteiger partial charge in [-0.05, 0) is 36.4 Å². The van der Waals surface area contributed by atoms with E-state index in [1.807, 2.05) is 30.3 Å². The van der Waals surface area contributed by atoms with Crippen LogP contribution in [0.5, 0.6) is 5.75 Å². The topological polar surface area (TPSA) is 93.2 Å². The Hall–Kier alpha value is -3.85. The molecule has 0 bridgehead atoms. The van der Waals surface area contributed by atoms with Gasteiger partial charge in [-0.25, -0.2) is 10.3 Å². The summed E-state index contributed by atoms with van der Waals surface area (Å²) >= 11 is 0. The maximum absolute atomic E-state index is 12.9. The number of nitrogens with one attached hydrogen (secondary N) is 1. The maximum Gasteiger partial charge on any atom is 0.410 e. The van der Waals surface area contributed by atoms with Gasteiger partial charge in [0, 0.05) is 49.7 Å². The molecule has 176 valence electrons. The maximum atomic E-state index is 12.9. The van der Waals surface area contributed by atoms with Crippen LogP contribution in [0.2, 0.25) is 0 Å². The number of carbonyl (C=O) groups is 2. The molecule has 2 aromatic carbocycles. The fraction of sp³-hybridized carbons (Fsp3) is 0.320. The second-order valence-electron chi connectivity index (χ2n) is 8.26. The van der Waals surface area contributed by atoms with E-state index in [0.717, 1.165) is 17.3 Å². The summed E-state index contributed by atoms with van der Waals surface area (Å²) in [5, 5.41) is 0.989. The van der Waals surface area contributed by atoms with Gasteiger partial charge < -0.3 is 24.1 Å². The Morgan fingerprint density at radius 1 is 0.971 bits per heavy atom. The van der Waals surface area contributed by atoms with Crippen molar-refractivity contribution in [2.75, 3.05) is 44.9 Å². The molecule has 9 nitrogen and oxygen atoms in total. The number of anilines is 1. The lowest BCUT2D eigenvalue weighted by Gasteiger charge is -2.34. The molecule has 2 fully saturated rings. The standard InChI is InChI=1S/C25H26N4O5/c30-24(28-12-14-29(15-13-28)25(31)33-21-10-16-32-17-21)19-6-8-20(9-7-19)27-34-22-5-1-3-18-4-2-11-26-23(18)22/h1-9,11,21,27H,10,12-17H2/t21-/m0/s1. The Morgan fingerprint density at radius 3 is 2.50 bits per heavy atom. The van der Waals surface area contributed by atoms with Gasteiger partial charge in [0.15, 0.2) is 5.75 Å². The minimum Gasteiger partial charge on any atom is -0.444 e. The third-order valence-electron chi connectivity index (χ3n) is 5.99. The predicted octanol–water partition coefficient (Wildman–Crippen LogP) is 3.32. The monoisotopic (exact) mass is 462 g/mol. The van der Waals surface area contributed by atoms with Crippen molar-refractivity contribution >= 4 is 28.6 Å². The molecular formula is C25H26N4O5. The molecule has 0 saturated carbocycles. The second kappa shape index (κ2) is 9.96. The van der Waals surface area contributed by atoms with E-state index >= 15 is 0 Å². The molecule has 5 rings (SSSR count). The molecule has 0 unspecified atom stereocenters. The van der Waals surface area contributed by atoms with Gasteiger partial charge in [-0.15, -0.1) is 0 Å². The number of pyridine rings is 1. The van der Waals surface area contributed by atoms with Crippen LogP contribution >= 0.6 is 0 Å². The fourth-order valence-corrected chi connectivity index (χ4v) is 4.05. The summed E-state index contributed by atoms with van der Waals surface area (Å²) in [5.41, 5.74) is 4.98. The highest BCUT2D eigenvalue weighted by molar-refractivity contribution is 5.94. The zero-order valence-corrected chi connectivity index (χ0v) is 18.7. The summed E-state index contributed by atoms with van der Waals surface area (Å²) in [7, 11) is 0. The van der Waals surface area contributed by atoms with Gasteiger partial charge in [0.25, 0.3) is 5.91 Å². The van der Waals surface area contributed by atoms with Crippen molar-refractivity contribution in [3.8, 4) is 5.75 Å². The van der Waals surface area contributed by atoms with E-state index in [1.165, 1.54) is 0 Å². The lowest BCUT2D eigenvalue weighted by atomic mass is 10.1. The Bertz CT molecular complexity index is 1150. The molecule has 3 heterocycles. The first-order chi connectivity index (χ1) is 16.7. The summed E-state index contributed by atoms with van der Waals surface area (Å²) in [6, 6.07) is 16.7. The number of para-hydroxylation sites is 1. The van der Waals surface area contributed by atoms with Gasteiger partial charge in [-0.2, -0.15) is 0 Å². The Labute approximate surface area is 197 Å². The minimum atomic E-state index is -0.334. The quantitative estimate of drug-likeness (QED) is 0.582. The normalized spacial score (nSPS) is 18.1. The van der Waals surface area contributed by atoms with Crippen LogP contribution in [0.25, 0.3) is 10.9 Å². The first kappa shape index (κ1) is 22.0. The third-order valence-corrected chi connectivity index (χ3v) is 5.99. The molecule has 9 heteroatoms. The van der Waals surface area contributed by atoms with E-state index in [0.29, 0.717) is 56.4 Å². The van der Waals surface area contributed by atoms with Gasteiger partial charge in [-0.1, -0.05) is 18.2 Å². The molecule has 3 aromatic rings. The number of fused-ring (bicyclic) bond motifs is 1. The summed E-state index contributed by atoms with van der Waals surface area (Å²) in [5.74, 6) is 0.554. The average Bonchev–Trinajstić information content (AvgIpc) is 3.40. The average molecular weight is 463 g/mol. The number of carbonyl (C=O) groups excluding carboxylic acids is 2. The van der Waals surface area contributed by atoms with E-state index in [4.69, 9.17) is 14.3 Å². The van der Waals surface area contributed by atoms with E-state index in [1.54, 1.807) is 40.3 Å². The molecule has 2 amide bonds. The van der Waals surface area contributed by atoms with Crippen molar-refractivity contribution in [1.29, 1.82) is 0 Å². The largest absolute Gasteiger partial charge is 0.444 e. The lowest BCUT2D eigenvalue weighted by molar-refractivity contribution is 0.0370. The summed E-state index contributed by atoms with van der Waals surface area (Å²) in [6.45, 7) is 2.91. The van der Waals surface area contributed by atoms with Crippen LogP contribution in [0, 0.1) is 0 Å². The van der Waals surface area contributed by atoms with Gasteiger partial charge in [-0.3, -0.25) is 9.78 Å². The fourth-order valence-electron chi connectivity index (χ4n) is 4.05. The predicted molar refractivity (Wildman–Crippen MR) is 126 cm³/mol. The zero-order chi connectivity index (χ0) is 23.3. The van der Waals surface area contributed by atoms with Crippen molar-refractivity contribution in [2.24, 2.45) is 0 Å². The number of hydrogen-bond acceptors (Lipinski definition) is 7. The van der Waals surface area contributed by atoms with Crippen molar-refractivity contribution in [2.45, 2.75) is 12.5 Å². The van der Waals surface area contributed by atoms with Crippen LogP contribution in [0.1, 0.15) is 16.8 Å². The van der Waals surface area contributed by atoms with Crippen molar-refractivity contribution in [1.82, 2.24) is 14.8 Å². The Morgan fingerprint density at radius 2 is 1.74 bits per heavy atom. The first-order valence-corrected chi connectivity index (χ1v) is 11.4. The van der Waals surface area contributed by atoms with Gasteiger partial charge in [0.2, 0.25) is 0 Å². The van der Waals surface area contributed by atoms with E-state index < -0.39 is 0 Å². The first-order valence-electron chi connectivity index (χ1n) is 11.4. The highest BCUT2D eigenvalue weighted by Crippen LogP contribution is 2.23. The number of piperazine rings is 1. The minimum absolute atomic E-state index is 0.0667. The number of benzene rings is 2. The summed E-state index contributed by atoms with van der Waals surface area (Å²) in [4.78, 5) is 38.7. The number of nitrogens with zero attached hydrogens (tertiary/aromatic N) is 3.